The predicted molar refractivity (Wildman–Crippen MR) is 72.9 cm³/mol. The summed E-state index contributed by atoms with van der Waals surface area (Å²) in [4.78, 5) is 2.57. The van der Waals surface area contributed by atoms with Gasteiger partial charge in [0.2, 0.25) is 0 Å². The van der Waals surface area contributed by atoms with Gasteiger partial charge in [0.25, 0.3) is 0 Å². The number of likely N-dealkylation sites (N-methyl/N-ethyl adjacent to an activating group) is 1. The molecule has 2 aliphatic rings. The number of piperidine rings is 1. The van der Waals surface area contributed by atoms with Gasteiger partial charge in [-0.05, 0) is 39.3 Å². The highest BCUT2D eigenvalue weighted by Crippen LogP contribution is 2.21. The lowest BCUT2D eigenvalue weighted by Gasteiger charge is -2.43. The van der Waals surface area contributed by atoms with Gasteiger partial charge in [-0.2, -0.15) is 0 Å². The fraction of sp³-hybridized carbons (Fsp3) is 1.00. The SMILES string of the molecule is CCCOC1CCCN(C2COCCC2NC)C1. The third-order valence-electron chi connectivity index (χ3n) is 4.13. The highest BCUT2D eigenvalue weighted by Gasteiger charge is 2.33. The van der Waals surface area contributed by atoms with E-state index in [0.717, 1.165) is 39.2 Å². The van der Waals surface area contributed by atoms with Gasteiger partial charge in [-0.25, -0.2) is 0 Å². The zero-order valence-corrected chi connectivity index (χ0v) is 11.9. The molecule has 18 heavy (non-hydrogen) atoms. The number of nitrogens with one attached hydrogen (secondary N) is 1. The molecule has 0 bridgehead atoms. The van der Waals surface area contributed by atoms with Gasteiger partial charge in [0.1, 0.15) is 0 Å². The van der Waals surface area contributed by atoms with Gasteiger partial charge in [-0.1, -0.05) is 6.92 Å². The van der Waals surface area contributed by atoms with Crippen molar-refractivity contribution >= 4 is 0 Å². The lowest BCUT2D eigenvalue weighted by Crippen LogP contribution is -2.57. The zero-order chi connectivity index (χ0) is 12.8. The molecule has 0 aliphatic carbocycles. The summed E-state index contributed by atoms with van der Waals surface area (Å²) < 4.78 is 11.6. The Morgan fingerprint density at radius 1 is 1.39 bits per heavy atom. The molecule has 2 heterocycles. The normalized spacial score (nSPS) is 34.7. The molecule has 0 spiro atoms. The second kappa shape index (κ2) is 7.43. The van der Waals surface area contributed by atoms with Crippen molar-refractivity contribution in [2.45, 2.75) is 50.8 Å². The summed E-state index contributed by atoms with van der Waals surface area (Å²) in [6, 6.07) is 1.10. The summed E-state index contributed by atoms with van der Waals surface area (Å²) >= 11 is 0. The van der Waals surface area contributed by atoms with E-state index in [1.165, 1.54) is 19.4 Å². The first-order valence-electron chi connectivity index (χ1n) is 7.45. The molecule has 106 valence electrons. The molecule has 3 atom stereocenters. The van der Waals surface area contributed by atoms with Crippen LogP contribution in [-0.2, 0) is 9.47 Å². The van der Waals surface area contributed by atoms with Crippen molar-refractivity contribution in [1.29, 1.82) is 0 Å². The molecule has 0 aromatic heterocycles. The van der Waals surface area contributed by atoms with Crippen LogP contribution in [0.4, 0.5) is 0 Å². The summed E-state index contributed by atoms with van der Waals surface area (Å²) in [6.45, 7) is 7.10. The molecule has 4 nitrogen and oxygen atoms in total. The second-order valence-electron chi connectivity index (χ2n) is 5.46. The summed E-state index contributed by atoms with van der Waals surface area (Å²) in [6.07, 6.45) is 5.13. The molecular weight excluding hydrogens is 228 g/mol. The van der Waals surface area contributed by atoms with E-state index in [1.54, 1.807) is 0 Å². The molecule has 3 unspecified atom stereocenters. The maximum absolute atomic E-state index is 5.92. The van der Waals surface area contributed by atoms with Gasteiger partial charge in [-0.15, -0.1) is 0 Å². The van der Waals surface area contributed by atoms with Crippen LogP contribution in [-0.4, -0.2) is 63.0 Å². The van der Waals surface area contributed by atoms with Gasteiger partial charge >= 0.3 is 0 Å². The monoisotopic (exact) mass is 256 g/mol. The van der Waals surface area contributed by atoms with Crippen LogP contribution in [0.25, 0.3) is 0 Å². The Bertz CT molecular complexity index is 238. The fourth-order valence-corrected chi connectivity index (χ4v) is 3.11. The maximum Gasteiger partial charge on any atom is 0.0702 e. The van der Waals surface area contributed by atoms with E-state index >= 15 is 0 Å². The molecule has 0 radical (unpaired) electrons. The van der Waals surface area contributed by atoms with Crippen molar-refractivity contribution in [3.63, 3.8) is 0 Å². The Hall–Kier alpha value is -0.160. The van der Waals surface area contributed by atoms with Gasteiger partial charge in [0.15, 0.2) is 0 Å². The van der Waals surface area contributed by atoms with E-state index in [4.69, 9.17) is 9.47 Å². The Labute approximate surface area is 111 Å². The van der Waals surface area contributed by atoms with E-state index in [0.29, 0.717) is 18.2 Å². The van der Waals surface area contributed by atoms with Crippen LogP contribution >= 0.6 is 0 Å². The van der Waals surface area contributed by atoms with Gasteiger partial charge in [0.05, 0.1) is 12.7 Å². The van der Waals surface area contributed by atoms with Gasteiger partial charge < -0.3 is 14.8 Å². The number of ether oxygens (including phenoxy) is 2. The van der Waals surface area contributed by atoms with E-state index < -0.39 is 0 Å². The lowest BCUT2D eigenvalue weighted by molar-refractivity contribution is -0.0520. The maximum atomic E-state index is 5.92. The molecule has 0 amide bonds. The van der Waals surface area contributed by atoms with Crippen molar-refractivity contribution in [1.82, 2.24) is 10.2 Å². The van der Waals surface area contributed by atoms with Crippen LogP contribution in [0.3, 0.4) is 0 Å². The molecule has 0 aromatic carbocycles. The summed E-state index contributed by atoms with van der Waals surface area (Å²) in [7, 11) is 2.07. The number of rotatable bonds is 5. The fourth-order valence-electron chi connectivity index (χ4n) is 3.11. The Balaban J connectivity index is 1.86. The van der Waals surface area contributed by atoms with Crippen molar-refractivity contribution < 1.29 is 9.47 Å². The minimum Gasteiger partial charge on any atom is -0.380 e. The number of likely N-dealkylation sites (tertiary alicyclic amines) is 1. The molecule has 0 saturated carbocycles. The number of hydrogen-bond donors (Lipinski definition) is 1. The minimum absolute atomic E-state index is 0.429. The van der Waals surface area contributed by atoms with E-state index in [-0.39, 0.29) is 0 Å². The number of nitrogens with zero attached hydrogens (tertiary/aromatic N) is 1. The average Bonchev–Trinajstić information content (AvgIpc) is 2.45. The molecule has 2 aliphatic heterocycles. The van der Waals surface area contributed by atoms with E-state index in [2.05, 4.69) is 24.2 Å². The quantitative estimate of drug-likeness (QED) is 0.803. The standard InChI is InChI=1S/C14H28N2O2/c1-3-8-18-12-5-4-7-16(10-12)14-11-17-9-6-13(14)15-2/h12-15H,3-11H2,1-2H3. The first-order valence-corrected chi connectivity index (χ1v) is 7.45. The van der Waals surface area contributed by atoms with Crippen LogP contribution in [0.15, 0.2) is 0 Å². The molecule has 0 aromatic rings. The van der Waals surface area contributed by atoms with E-state index in [9.17, 15) is 0 Å². The van der Waals surface area contributed by atoms with Crippen molar-refractivity contribution in [2.75, 3.05) is 40.0 Å². The largest absolute Gasteiger partial charge is 0.380 e. The molecule has 4 heteroatoms. The highest BCUT2D eigenvalue weighted by atomic mass is 16.5. The van der Waals surface area contributed by atoms with Crippen LogP contribution < -0.4 is 5.32 Å². The topological polar surface area (TPSA) is 33.7 Å². The first kappa shape index (κ1) is 14.3. The Morgan fingerprint density at radius 3 is 3.06 bits per heavy atom. The van der Waals surface area contributed by atoms with Crippen LogP contribution in [0, 0.1) is 0 Å². The lowest BCUT2D eigenvalue weighted by atomic mass is 9.98. The Morgan fingerprint density at radius 2 is 2.28 bits per heavy atom. The van der Waals surface area contributed by atoms with Gasteiger partial charge in [0, 0.05) is 31.8 Å². The van der Waals surface area contributed by atoms with Crippen LogP contribution in [0.5, 0.6) is 0 Å². The zero-order valence-electron chi connectivity index (χ0n) is 11.9. The third-order valence-corrected chi connectivity index (χ3v) is 4.13. The third kappa shape index (κ3) is 3.67. The summed E-state index contributed by atoms with van der Waals surface area (Å²) in [5.41, 5.74) is 0. The van der Waals surface area contributed by atoms with Gasteiger partial charge in [-0.3, -0.25) is 4.90 Å². The van der Waals surface area contributed by atoms with Crippen LogP contribution in [0.1, 0.15) is 32.6 Å². The first-order chi connectivity index (χ1) is 8.85. The van der Waals surface area contributed by atoms with Crippen molar-refractivity contribution in [3.05, 3.63) is 0 Å². The molecular formula is C14H28N2O2. The summed E-state index contributed by atoms with van der Waals surface area (Å²) in [5.74, 6) is 0. The van der Waals surface area contributed by atoms with E-state index in [1.807, 2.05) is 0 Å². The predicted octanol–water partition coefficient (Wildman–Crippen LogP) is 1.25. The van der Waals surface area contributed by atoms with Crippen LogP contribution in [0.2, 0.25) is 0 Å². The smallest absolute Gasteiger partial charge is 0.0702 e. The summed E-state index contributed by atoms with van der Waals surface area (Å²) in [5, 5.41) is 3.45. The molecule has 2 fully saturated rings. The molecule has 1 N–H and O–H groups in total. The molecule has 2 saturated heterocycles. The highest BCUT2D eigenvalue weighted by molar-refractivity contribution is 4.89. The average molecular weight is 256 g/mol. The molecule has 2 rings (SSSR count). The van der Waals surface area contributed by atoms with Crippen molar-refractivity contribution in [3.8, 4) is 0 Å². The number of hydrogen-bond acceptors (Lipinski definition) is 4. The second-order valence-corrected chi connectivity index (χ2v) is 5.46. The Kier molecular flexibility index (Phi) is 5.89. The minimum atomic E-state index is 0.429. The van der Waals surface area contributed by atoms with Crippen molar-refractivity contribution in [2.24, 2.45) is 0 Å².